The zero-order valence-corrected chi connectivity index (χ0v) is 27.6. The Morgan fingerprint density at radius 1 is 0.979 bits per heavy atom. The summed E-state index contributed by atoms with van der Waals surface area (Å²) in [6, 6.07) is 15.3. The van der Waals surface area contributed by atoms with Crippen molar-refractivity contribution in [2.75, 3.05) is 25.6 Å². The Labute approximate surface area is 279 Å². The molecule has 14 heteroatoms. The summed E-state index contributed by atoms with van der Waals surface area (Å²) in [4.78, 5) is 38.3. The number of methoxy groups -OCH3 is 1. The molecule has 0 bridgehead atoms. The van der Waals surface area contributed by atoms with E-state index in [1.807, 2.05) is 43.3 Å². The van der Waals surface area contributed by atoms with E-state index < -0.39 is 23.5 Å². The fraction of sp³-hybridized carbons (Fsp3) is 0.324. The van der Waals surface area contributed by atoms with Gasteiger partial charge in [-0.25, -0.2) is 28.5 Å². The van der Waals surface area contributed by atoms with Gasteiger partial charge in [0.05, 0.1) is 17.8 Å². The van der Waals surface area contributed by atoms with Gasteiger partial charge in [-0.15, -0.1) is 0 Å². The van der Waals surface area contributed by atoms with E-state index in [9.17, 15) is 18.4 Å². The third-order valence-corrected chi connectivity index (χ3v) is 9.01. The molecule has 2 N–H and O–H groups in total. The monoisotopic (exact) mass is 677 g/mol. The molecule has 11 nitrogen and oxygen atoms in total. The normalized spacial score (nSPS) is 13.8. The first-order valence-electron chi connectivity index (χ1n) is 15.4. The molecule has 0 amide bonds. The molecule has 4 heterocycles. The minimum absolute atomic E-state index is 0.0970. The molecule has 5 aromatic rings. The van der Waals surface area contributed by atoms with Crippen molar-refractivity contribution in [2.45, 2.75) is 38.8 Å². The number of fused-ring (bicyclic) bond motifs is 1. The van der Waals surface area contributed by atoms with Gasteiger partial charge in [0.2, 0.25) is 5.88 Å². The van der Waals surface area contributed by atoms with E-state index >= 15 is 0 Å². The molecule has 0 radical (unpaired) electrons. The number of ether oxygens (including phenoxy) is 2. The topological polar surface area (TPSA) is 125 Å². The van der Waals surface area contributed by atoms with Gasteiger partial charge in [-0.2, -0.15) is 0 Å². The summed E-state index contributed by atoms with van der Waals surface area (Å²) < 4.78 is 40.7. The zero-order chi connectivity index (χ0) is 34.1. The number of halogens is 3. The van der Waals surface area contributed by atoms with Crippen LogP contribution >= 0.6 is 11.6 Å². The quantitative estimate of drug-likeness (QED) is 0.203. The summed E-state index contributed by atoms with van der Waals surface area (Å²) in [5, 5.41) is 6.98. The summed E-state index contributed by atoms with van der Waals surface area (Å²) >= 11 is 7.06. The molecule has 6 rings (SSSR count). The highest BCUT2D eigenvalue weighted by Gasteiger charge is 2.23. The van der Waals surface area contributed by atoms with Crippen LogP contribution in [-0.4, -0.2) is 50.5 Å². The fourth-order valence-electron chi connectivity index (χ4n) is 5.88. The van der Waals surface area contributed by atoms with Crippen molar-refractivity contribution < 1.29 is 18.3 Å². The largest absolute Gasteiger partial charge is 0.481 e. The lowest BCUT2D eigenvalue weighted by Gasteiger charge is -2.23. The van der Waals surface area contributed by atoms with Gasteiger partial charge in [0, 0.05) is 62.3 Å². The molecule has 250 valence electrons. The number of hydrogen-bond donors (Lipinski definition) is 2. The minimum atomic E-state index is -3.03. The van der Waals surface area contributed by atoms with Crippen molar-refractivity contribution >= 4 is 34.1 Å². The number of hydrogen-bond acceptors (Lipinski definition) is 9. The molecule has 1 fully saturated rings. The van der Waals surface area contributed by atoms with E-state index in [0.29, 0.717) is 51.6 Å². The molecule has 1 aliphatic heterocycles. The van der Waals surface area contributed by atoms with Crippen molar-refractivity contribution in [2.24, 2.45) is 14.1 Å². The van der Waals surface area contributed by atoms with Crippen LogP contribution in [-0.2, 0) is 25.4 Å². The lowest BCUT2D eigenvalue weighted by Crippen LogP contribution is -2.38. The van der Waals surface area contributed by atoms with Gasteiger partial charge in [-0.05, 0) is 43.0 Å². The SMILES string of the molecule is COc1nc(-c2cccc(-c3cccc(Nc4nc(C(F)F)nc5c4c(=O)n(C)c(=O)n5C)c3C)c2Cl)ccc1CNC1CCOCC1. The molecule has 1 aliphatic rings. The second kappa shape index (κ2) is 13.8. The Bertz CT molecular complexity index is 2130. The molecular weight excluding hydrogens is 644 g/mol. The van der Waals surface area contributed by atoms with Gasteiger partial charge in [-0.3, -0.25) is 13.9 Å². The Hall–Kier alpha value is -4.72. The molecule has 3 aromatic heterocycles. The van der Waals surface area contributed by atoms with E-state index in [1.165, 1.54) is 14.1 Å². The maximum Gasteiger partial charge on any atom is 0.332 e. The van der Waals surface area contributed by atoms with Crippen LogP contribution in [0.25, 0.3) is 33.4 Å². The van der Waals surface area contributed by atoms with Crippen LogP contribution in [0, 0.1) is 6.92 Å². The Morgan fingerprint density at radius 2 is 1.69 bits per heavy atom. The molecular formula is C34H34ClF2N7O4. The average Bonchev–Trinajstić information content (AvgIpc) is 3.10. The Kier molecular flexibility index (Phi) is 9.54. The third-order valence-electron chi connectivity index (χ3n) is 8.60. The van der Waals surface area contributed by atoms with Crippen molar-refractivity contribution in [3.63, 3.8) is 0 Å². The van der Waals surface area contributed by atoms with Gasteiger partial charge >= 0.3 is 5.69 Å². The van der Waals surface area contributed by atoms with E-state index in [4.69, 9.17) is 26.1 Å². The number of benzene rings is 2. The maximum atomic E-state index is 13.8. The molecule has 1 saturated heterocycles. The van der Waals surface area contributed by atoms with Crippen LogP contribution in [0.3, 0.4) is 0 Å². The first-order valence-corrected chi connectivity index (χ1v) is 15.7. The summed E-state index contributed by atoms with van der Waals surface area (Å²) in [5.74, 6) is -0.458. The van der Waals surface area contributed by atoms with Crippen molar-refractivity contribution in [3.8, 4) is 28.3 Å². The number of anilines is 2. The lowest BCUT2D eigenvalue weighted by atomic mass is 9.96. The highest BCUT2D eigenvalue weighted by atomic mass is 35.5. The predicted molar refractivity (Wildman–Crippen MR) is 180 cm³/mol. The standard InChI is InChI=1S/C34H34ClF2N7O4/c1-18-21(7-6-10-24(18)39-29-26-31(42-30(41-29)28(36)37)43(2)34(46)44(3)33(26)45)22-8-5-9-23(27(22)35)25-12-11-19(32(40-25)47-4)17-38-20-13-15-48-16-14-20/h5-12,20,28,38H,13-17H2,1-4H3,(H,39,41,42). The number of aryl methyl sites for hydroxylation is 1. The van der Waals surface area contributed by atoms with Crippen LogP contribution in [0.4, 0.5) is 20.3 Å². The van der Waals surface area contributed by atoms with Crippen molar-refractivity contribution in [1.29, 1.82) is 0 Å². The summed E-state index contributed by atoms with van der Waals surface area (Å²) in [6.07, 6.45) is -1.12. The van der Waals surface area contributed by atoms with Crippen LogP contribution in [0.2, 0.25) is 5.02 Å². The van der Waals surface area contributed by atoms with E-state index in [-0.39, 0.29) is 16.9 Å². The second-order valence-electron chi connectivity index (χ2n) is 11.5. The fourth-order valence-corrected chi connectivity index (χ4v) is 6.20. The van der Waals surface area contributed by atoms with Crippen LogP contribution in [0.1, 0.15) is 36.2 Å². The number of rotatable bonds is 9. The summed E-state index contributed by atoms with van der Waals surface area (Å²) in [5.41, 5.74) is 3.31. The second-order valence-corrected chi connectivity index (χ2v) is 11.9. The highest BCUT2D eigenvalue weighted by molar-refractivity contribution is 6.36. The molecule has 0 spiro atoms. The summed E-state index contributed by atoms with van der Waals surface area (Å²) in [6.45, 7) is 3.95. The molecule has 0 atom stereocenters. The average molecular weight is 678 g/mol. The smallest absolute Gasteiger partial charge is 0.332 e. The first kappa shape index (κ1) is 33.2. The van der Waals surface area contributed by atoms with Crippen LogP contribution in [0.15, 0.2) is 58.1 Å². The van der Waals surface area contributed by atoms with Gasteiger partial charge in [0.15, 0.2) is 11.5 Å². The number of nitrogens with zero attached hydrogens (tertiary/aromatic N) is 5. The zero-order valence-electron chi connectivity index (χ0n) is 26.8. The van der Waals surface area contributed by atoms with Gasteiger partial charge in [0.25, 0.3) is 12.0 Å². The van der Waals surface area contributed by atoms with Crippen molar-refractivity contribution in [3.05, 3.63) is 91.3 Å². The van der Waals surface area contributed by atoms with Gasteiger partial charge in [0.1, 0.15) is 11.2 Å². The van der Waals surface area contributed by atoms with E-state index in [2.05, 4.69) is 20.6 Å². The molecule has 0 aliphatic carbocycles. The van der Waals surface area contributed by atoms with Crippen molar-refractivity contribution in [1.82, 2.24) is 29.4 Å². The molecule has 48 heavy (non-hydrogen) atoms. The maximum absolute atomic E-state index is 13.8. The number of aromatic nitrogens is 5. The lowest BCUT2D eigenvalue weighted by molar-refractivity contribution is 0.0775. The van der Waals surface area contributed by atoms with Crippen LogP contribution < -0.4 is 26.6 Å². The number of alkyl halides is 2. The minimum Gasteiger partial charge on any atom is -0.481 e. The third kappa shape index (κ3) is 6.28. The van der Waals surface area contributed by atoms with Crippen LogP contribution in [0.5, 0.6) is 5.88 Å². The van der Waals surface area contributed by atoms with E-state index in [0.717, 1.165) is 46.3 Å². The summed E-state index contributed by atoms with van der Waals surface area (Å²) in [7, 11) is 4.25. The predicted octanol–water partition coefficient (Wildman–Crippen LogP) is 5.68. The Balaban J connectivity index is 1.36. The Morgan fingerprint density at radius 3 is 2.42 bits per heavy atom. The number of pyridine rings is 1. The van der Waals surface area contributed by atoms with Gasteiger partial charge in [-0.1, -0.05) is 48.0 Å². The molecule has 0 saturated carbocycles. The van der Waals surface area contributed by atoms with E-state index in [1.54, 1.807) is 19.2 Å². The van der Waals surface area contributed by atoms with Gasteiger partial charge < -0.3 is 20.1 Å². The molecule has 0 unspecified atom stereocenters. The highest BCUT2D eigenvalue weighted by Crippen LogP contribution is 2.40. The first-order chi connectivity index (χ1) is 23.1. The molecule has 2 aromatic carbocycles. The number of nitrogens with one attached hydrogen (secondary N) is 2.